The Morgan fingerprint density at radius 3 is 2.87 bits per heavy atom. The molecular formula is C17H20N4O2. The van der Waals surface area contributed by atoms with Crippen molar-refractivity contribution >= 4 is 5.91 Å². The summed E-state index contributed by atoms with van der Waals surface area (Å²) in [6, 6.07) is 3.74. The van der Waals surface area contributed by atoms with E-state index in [1.54, 1.807) is 30.7 Å². The fraction of sp³-hybridized carbons (Fsp3) is 0.471. The Hall–Kier alpha value is -2.21. The van der Waals surface area contributed by atoms with Crippen LogP contribution in [0.1, 0.15) is 23.2 Å². The van der Waals surface area contributed by atoms with Crippen LogP contribution in [-0.4, -0.2) is 50.6 Å². The Morgan fingerprint density at radius 1 is 1.22 bits per heavy atom. The highest BCUT2D eigenvalue weighted by atomic mass is 16.5. The molecule has 0 radical (unpaired) electrons. The van der Waals surface area contributed by atoms with Gasteiger partial charge in [-0.3, -0.25) is 9.78 Å². The van der Waals surface area contributed by atoms with Gasteiger partial charge in [-0.2, -0.15) is 0 Å². The van der Waals surface area contributed by atoms with Gasteiger partial charge >= 0.3 is 0 Å². The van der Waals surface area contributed by atoms with Crippen LogP contribution in [0.25, 0.3) is 0 Å². The van der Waals surface area contributed by atoms with E-state index in [9.17, 15) is 4.79 Å². The monoisotopic (exact) mass is 312 g/mol. The Kier molecular flexibility index (Phi) is 3.83. The molecule has 0 aromatic carbocycles. The van der Waals surface area contributed by atoms with Gasteiger partial charge in [0.15, 0.2) is 0 Å². The van der Waals surface area contributed by atoms with Crippen molar-refractivity contribution in [2.45, 2.75) is 31.5 Å². The predicted octanol–water partition coefficient (Wildman–Crippen LogP) is 1.60. The van der Waals surface area contributed by atoms with Crippen LogP contribution in [0.4, 0.5) is 0 Å². The highest BCUT2D eigenvalue weighted by molar-refractivity contribution is 5.94. The van der Waals surface area contributed by atoms with Crippen molar-refractivity contribution in [1.29, 1.82) is 0 Å². The van der Waals surface area contributed by atoms with Crippen molar-refractivity contribution in [2.24, 2.45) is 5.92 Å². The standard InChI is InChI=1S/C17H20N4O2/c22-17(13-3-5-18-6-4-13)21-9-10-23-16-14(1-2-15(16)21)11-20-8-7-19-12-20/h3-8,12,14-16H,1-2,9-11H2/t14-,15-,16-/m1/s1. The number of imidazole rings is 1. The van der Waals surface area contributed by atoms with E-state index in [0.29, 0.717) is 24.6 Å². The van der Waals surface area contributed by atoms with Crippen molar-refractivity contribution in [2.75, 3.05) is 13.2 Å². The summed E-state index contributed by atoms with van der Waals surface area (Å²) in [5.74, 6) is 0.524. The fourth-order valence-electron chi connectivity index (χ4n) is 3.83. The minimum atomic E-state index is 0.0916. The number of carbonyl (C=O) groups is 1. The lowest BCUT2D eigenvalue weighted by Crippen LogP contribution is -2.53. The smallest absolute Gasteiger partial charge is 0.254 e. The molecule has 4 rings (SSSR count). The summed E-state index contributed by atoms with van der Waals surface area (Å²) in [5, 5.41) is 0. The molecule has 2 aromatic rings. The SMILES string of the molecule is O=C(c1ccncc1)N1CCO[C@@H]2[C@@H](Cn3ccnc3)CC[C@H]21. The average molecular weight is 312 g/mol. The molecule has 2 aliphatic rings. The summed E-state index contributed by atoms with van der Waals surface area (Å²) < 4.78 is 8.14. The van der Waals surface area contributed by atoms with E-state index < -0.39 is 0 Å². The number of amides is 1. The molecule has 1 saturated heterocycles. The van der Waals surface area contributed by atoms with Crippen molar-refractivity contribution in [3.05, 3.63) is 48.8 Å². The maximum atomic E-state index is 12.8. The molecule has 0 unspecified atom stereocenters. The van der Waals surface area contributed by atoms with Gasteiger partial charge in [-0.15, -0.1) is 0 Å². The van der Waals surface area contributed by atoms with Crippen LogP contribution < -0.4 is 0 Å². The summed E-state index contributed by atoms with van der Waals surface area (Å²) in [6.45, 7) is 2.18. The van der Waals surface area contributed by atoms with Crippen LogP contribution in [0, 0.1) is 5.92 Å². The van der Waals surface area contributed by atoms with Crippen LogP contribution in [0.2, 0.25) is 0 Å². The van der Waals surface area contributed by atoms with Gasteiger partial charge in [0.1, 0.15) is 0 Å². The molecule has 3 atom stereocenters. The van der Waals surface area contributed by atoms with Gasteiger partial charge in [-0.1, -0.05) is 0 Å². The molecule has 2 aromatic heterocycles. The number of morpholine rings is 1. The number of hydrogen-bond acceptors (Lipinski definition) is 4. The maximum Gasteiger partial charge on any atom is 0.254 e. The molecule has 3 heterocycles. The second kappa shape index (κ2) is 6.12. The first kappa shape index (κ1) is 14.4. The molecule has 1 aliphatic heterocycles. The van der Waals surface area contributed by atoms with E-state index in [1.165, 1.54) is 0 Å². The molecule has 6 heteroatoms. The first-order valence-corrected chi connectivity index (χ1v) is 8.11. The fourth-order valence-corrected chi connectivity index (χ4v) is 3.83. The van der Waals surface area contributed by atoms with Crippen LogP contribution >= 0.6 is 0 Å². The molecule has 0 spiro atoms. The molecule has 2 fully saturated rings. The first-order chi connectivity index (χ1) is 11.3. The summed E-state index contributed by atoms with van der Waals surface area (Å²) in [7, 11) is 0. The third-order valence-electron chi connectivity index (χ3n) is 4.91. The number of carbonyl (C=O) groups excluding carboxylic acids is 1. The lowest BCUT2D eigenvalue weighted by Gasteiger charge is -2.39. The third-order valence-corrected chi connectivity index (χ3v) is 4.91. The van der Waals surface area contributed by atoms with Gasteiger partial charge in [0, 0.05) is 49.4 Å². The summed E-state index contributed by atoms with van der Waals surface area (Å²) in [4.78, 5) is 22.9. The lowest BCUT2D eigenvalue weighted by atomic mass is 10.0. The first-order valence-electron chi connectivity index (χ1n) is 8.11. The number of nitrogens with zero attached hydrogens (tertiary/aromatic N) is 4. The molecule has 1 saturated carbocycles. The number of fused-ring (bicyclic) bond motifs is 1. The quantitative estimate of drug-likeness (QED) is 0.864. The second-order valence-corrected chi connectivity index (χ2v) is 6.23. The number of pyridine rings is 1. The van der Waals surface area contributed by atoms with Crippen LogP contribution in [0.15, 0.2) is 43.2 Å². The van der Waals surface area contributed by atoms with Crippen molar-refractivity contribution in [1.82, 2.24) is 19.4 Å². The molecule has 120 valence electrons. The normalized spacial score (nSPS) is 27.0. The van der Waals surface area contributed by atoms with Gasteiger partial charge in [0.25, 0.3) is 5.91 Å². The minimum Gasteiger partial charge on any atom is -0.374 e. The van der Waals surface area contributed by atoms with Gasteiger partial charge in [-0.05, 0) is 25.0 Å². The van der Waals surface area contributed by atoms with E-state index >= 15 is 0 Å². The van der Waals surface area contributed by atoms with Gasteiger partial charge in [0.2, 0.25) is 0 Å². The zero-order valence-electron chi connectivity index (χ0n) is 12.9. The Morgan fingerprint density at radius 2 is 2.09 bits per heavy atom. The van der Waals surface area contributed by atoms with Crippen molar-refractivity contribution in [3.63, 3.8) is 0 Å². The number of hydrogen-bond donors (Lipinski definition) is 0. The number of rotatable bonds is 3. The van der Waals surface area contributed by atoms with E-state index in [1.807, 2.05) is 17.4 Å². The minimum absolute atomic E-state index is 0.0916. The predicted molar refractivity (Wildman–Crippen MR) is 83.8 cm³/mol. The van der Waals surface area contributed by atoms with Crippen LogP contribution in [0.3, 0.4) is 0 Å². The van der Waals surface area contributed by atoms with Crippen molar-refractivity contribution < 1.29 is 9.53 Å². The van der Waals surface area contributed by atoms with E-state index in [0.717, 1.165) is 19.4 Å². The molecule has 0 bridgehead atoms. The van der Waals surface area contributed by atoms with E-state index in [2.05, 4.69) is 14.5 Å². The lowest BCUT2D eigenvalue weighted by molar-refractivity contribution is -0.0645. The summed E-state index contributed by atoms with van der Waals surface area (Å²) in [6.07, 6.45) is 11.2. The molecule has 0 N–H and O–H groups in total. The zero-order chi connectivity index (χ0) is 15.6. The topological polar surface area (TPSA) is 60.3 Å². The summed E-state index contributed by atoms with van der Waals surface area (Å²) >= 11 is 0. The van der Waals surface area contributed by atoms with Crippen molar-refractivity contribution in [3.8, 4) is 0 Å². The van der Waals surface area contributed by atoms with Gasteiger partial charge in [0.05, 0.1) is 25.1 Å². The molecule has 6 nitrogen and oxygen atoms in total. The summed E-state index contributed by atoms with van der Waals surface area (Å²) in [5.41, 5.74) is 0.707. The zero-order valence-corrected chi connectivity index (χ0v) is 12.9. The third kappa shape index (κ3) is 2.74. The Balaban J connectivity index is 1.50. The van der Waals surface area contributed by atoms with E-state index in [-0.39, 0.29) is 18.1 Å². The molecule has 23 heavy (non-hydrogen) atoms. The van der Waals surface area contributed by atoms with E-state index in [4.69, 9.17) is 4.74 Å². The second-order valence-electron chi connectivity index (χ2n) is 6.23. The Bertz CT molecular complexity index is 658. The Labute approximate surface area is 135 Å². The maximum absolute atomic E-state index is 12.8. The van der Waals surface area contributed by atoms with Crippen LogP contribution in [-0.2, 0) is 11.3 Å². The molecular weight excluding hydrogens is 292 g/mol. The molecule has 1 aliphatic carbocycles. The number of ether oxygens (including phenoxy) is 1. The average Bonchev–Trinajstić information content (AvgIpc) is 3.25. The van der Waals surface area contributed by atoms with Crippen LogP contribution in [0.5, 0.6) is 0 Å². The molecule has 1 amide bonds. The number of aromatic nitrogens is 3. The van der Waals surface area contributed by atoms with Gasteiger partial charge in [-0.25, -0.2) is 4.98 Å². The highest BCUT2D eigenvalue weighted by Gasteiger charge is 2.44. The van der Waals surface area contributed by atoms with Gasteiger partial charge < -0.3 is 14.2 Å². The largest absolute Gasteiger partial charge is 0.374 e. The highest BCUT2D eigenvalue weighted by Crippen LogP contribution is 2.36.